The Kier molecular flexibility index (Phi) is 9.07. The molecule has 0 aliphatic rings. The van der Waals surface area contributed by atoms with Crippen molar-refractivity contribution in [2.45, 2.75) is 51.4 Å². The van der Waals surface area contributed by atoms with Crippen LogP contribution in [0.15, 0.2) is 0 Å². The minimum Gasteiger partial charge on any atom is -0.480 e. The number of carbonyl (C=O) groups excluding carboxylic acids is 2. The van der Waals surface area contributed by atoms with Crippen LogP contribution in [0.3, 0.4) is 0 Å². The van der Waals surface area contributed by atoms with Crippen LogP contribution in [0.1, 0.15) is 27.2 Å². The second-order valence-corrected chi connectivity index (χ2v) is 5.59. The van der Waals surface area contributed by atoms with E-state index in [1.165, 1.54) is 6.92 Å². The Morgan fingerprint density at radius 3 is 2.09 bits per heavy atom. The third-order valence-electron chi connectivity index (χ3n) is 3.42. The molecule has 0 radical (unpaired) electrons. The highest BCUT2D eigenvalue weighted by atomic mass is 32.1. The number of carboxylic acid groups (broad SMARTS) is 1. The van der Waals surface area contributed by atoms with Gasteiger partial charge in [0.1, 0.15) is 6.04 Å². The molecule has 9 heteroatoms. The first-order chi connectivity index (χ1) is 10.1. The molecule has 8 nitrogen and oxygen atoms in total. The van der Waals surface area contributed by atoms with Crippen molar-refractivity contribution in [2.24, 2.45) is 11.7 Å². The quantitative estimate of drug-likeness (QED) is 0.290. The summed E-state index contributed by atoms with van der Waals surface area (Å²) in [5.74, 6) is -2.71. The van der Waals surface area contributed by atoms with Gasteiger partial charge in [-0.2, -0.15) is 12.6 Å². The van der Waals surface area contributed by atoms with Crippen LogP contribution in [-0.4, -0.2) is 58.0 Å². The van der Waals surface area contributed by atoms with Gasteiger partial charge in [0.2, 0.25) is 11.8 Å². The number of hydrogen-bond donors (Lipinski definition) is 6. The van der Waals surface area contributed by atoms with Crippen molar-refractivity contribution in [3.63, 3.8) is 0 Å². The van der Waals surface area contributed by atoms with Crippen LogP contribution < -0.4 is 16.4 Å². The molecule has 0 rings (SSSR count). The zero-order chi connectivity index (χ0) is 17.4. The summed E-state index contributed by atoms with van der Waals surface area (Å²) in [6, 6.07) is -3.27. The van der Waals surface area contributed by atoms with E-state index in [2.05, 4.69) is 23.3 Å². The Balaban J connectivity index is 4.79. The minimum atomic E-state index is -1.46. The van der Waals surface area contributed by atoms with Gasteiger partial charge in [0.05, 0.1) is 12.1 Å². The average molecular weight is 335 g/mol. The van der Waals surface area contributed by atoms with E-state index in [0.29, 0.717) is 6.42 Å². The molecule has 0 saturated carbocycles. The molecule has 0 aromatic heterocycles. The first-order valence-corrected chi connectivity index (χ1v) is 7.66. The number of aliphatic hydroxyl groups excluding tert-OH is 1. The summed E-state index contributed by atoms with van der Waals surface area (Å²) in [6.07, 6.45) is -0.574. The zero-order valence-electron chi connectivity index (χ0n) is 12.9. The molecular formula is C13H25N3O5S. The van der Waals surface area contributed by atoms with Crippen molar-refractivity contribution in [1.29, 1.82) is 0 Å². The fourth-order valence-electron chi connectivity index (χ4n) is 1.62. The van der Waals surface area contributed by atoms with Crippen molar-refractivity contribution in [2.75, 3.05) is 5.75 Å². The lowest BCUT2D eigenvalue weighted by Crippen LogP contribution is -2.57. The summed E-state index contributed by atoms with van der Waals surface area (Å²) < 4.78 is 0. The number of rotatable bonds is 9. The normalized spacial score (nSPS) is 17.7. The smallest absolute Gasteiger partial charge is 0.328 e. The molecule has 128 valence electrons. The molecule has 0 aliphatic carbocycles. The molecule has 5 unspecified atom stereocenters. The average Bonchev–Trinajstić information content (AvgIpc) is 2.47. The van der Waals surface area contributed by atoms with Gasteiger partial charge in [0.25, 0.3) is 0 Å². The van der Waals surface area contributed by atoms with Crippen LogP contribution in [0.4, 0.5) is 0 Å². The standard InChI is InChI=1S/C13H25N3O5S/c1-4-6(2)9(14)12(19)15-8(5-22)11(18)16-10(7(3)17)13(20)21/h6-10,17,22H,4-5,14H2,1-3H3,(H,15,19)(H,16,18)(H,20,21). The van der Waals surface area contributed by atoms with Gasteiger partial charge in [-0.1, -0.05) is 20.3 Å². The largest absolute Gasteiger partial charge is 0.480 e. The van der Waals surface area contributed by atoms with Gasteiger partial charge in [-0.05, 0) is 12.8 Å². The number of thiol groups is 1. The number of aliphatic carboxylic acids is 1. The molecule has 0 spiro atoms. The first-order valence-electron chi connectivity index (χ1n) is 7.03. The molecule has 0 fully saturated rings. The Morgan fingerprint density at radius 2 is 1.73 bits per heavy atom. The molecule has 0 aromatic rings. The third kappa shape index (κ3) is 6.20. The van der Waals surface area contributed by atoms with Gasteiger partial charge in [-0.15, -0.1) is 0 Å². The number of aliphatic hydroxyl groups is 1. The maximum atomic E-state index is 12.0. The zero-order valence-corrected chi connectivity index (χ0v) is 13.8. The van der Waals surface area contributed by atoms with E-state index in [1.807, 2.05) is 13.8 Å². The molecule has 6 N–H and O–H groups in total. The van der Waals surface area contributed by atoms with E-state index in [-0.39, 0.29) is 11.7 Å². The van der Waals surface area contributed by atoms with Gasteiger partial charge < -0.3 is 26.6 Å². The second kappa shape index (κ2) is 9.65. The maximum Gasteiger partial charge on any atom is 0.328 e. The monoisotopic (exact) mass is 335 g/mol. The number of nitrogens with two attached hydrogens (primary N) is 1. The van der Waals surface area contributed by atoms with E-state index < -0.39 is 42.0 Å². The lowest BCUT2D eigenvalue weighted by molar-refractivity contribution is -0.145. The van der Waals surface area contributed by atoms with Crippen molar-refractivity contribution in [3.8, 4) is 0 Å². The number of carbonyl (C=O) groups is 3. The van der Waals surface area contributed by atoms with E-state index in [1.54, 1.807) is 0 Å². The molecule has 0 aliphatic heterocycles. The maximum absolute atomic E-state index is 12.0. The number of carboxylic acids is 1. The lowest BCUT2D eigenvalue weighted by atomic mass is 9.99. The summed E-state index contributed by atoms with van der Waals surface area (Å²) in [5.41, 5.74) is 5.77. The minimum absolute atomic E-state index is 0.0308. The van der Waals surface area contributed by atoms with Crippen LogP contribution in [0.5, 0.6) is 0 Å². The van der Waals surface area contributed by atoms with Gasteiger partial charge >= 0.3 is 5.97 Å². The summed E-state index contributed by atoms with van der Waals surface area (Å²) in [7, 11) is 0. The molecule has 2 amide bonds. The van der Waals surface area contributed by atoms with Gasteiger partial charge in [0.15, 0.2) is 6.04 Å². The Hall–Kier alpha value is -1.32. The SMILES string of the molecule is CCC(C)C(N)C(=O)NC(CS)C(=O)NC(C(=O)O)C(C)O. The lowest BCUT2D eigenvalue weighted by Gasteiger charge is -2.24. The molecule has 5 atom stereocenters. The Morgan fingerprint density at radius 1 is 1.18 bits per heavy atom. The van der Waals surface area contributed by atoms with E-state index >= 15 is 0 Å². The highest BCUT2D eigenvalue weighted by molar-refractivity contribution is 7.80. The highest BCUT2D eigenvalue weighted by Gasteiger charge is 2.30. The third-order valence-corrected chi connectivity index (χ3v) is 3.79. The Bertz CT molecular complexity index is 405. The predicted octanol–water partition coefficient (Wildman–Crippen LogP) is -1.28. The fourth-order valence-corrected chi connectivity index (χ4v) is 1.87. The Labute approximate surface area is 135 Å². The van der Waals surface area contributed by atoms with Crippen LogP contribution in [0, 0.1) is 5.92 Å². The molecule has 22 heavy (non-hydrogen) atoms. The number of hydrogen-bond acceptors (Lipinski definition) is 6. The van der Waals surface area contributed by atoms with Crippen molar-refractivity contribution in [1.82, 2.24) is 10.6 Å². The predicted molar refractivity (Wildman–Crippen MR) is 84.5 cm³/mol. The van der Waals surface area contributed by atoms with Gasteiger partial charge in [-0.3, -0.25) is 9.59 Å². The van der Waals surface area contributed by atoms with Crippen LogP contribution in [0.2, 0.25) is 0 Å². The molecule has 0 saturated heterocycles. The molecule has 0 bridgehead atoms. The number of amides is 2. The highest BCUT2D eigenvalue weighted by Crippen LogP contribution is 2.06. The van der Waals surface area contributed by atoms with E-state index in [9.17, 15) is 19.5 Å². The van der Waals surface area contributed by atoms with Gasteiger partial charge in [-0.25, -0.2) is 4.79 Å². The molecule has 0 heterocycles. The first kappa shape index (κ1) is 20.7. The van der Waals surface area contributed by atoms with Crippen LogP contribution in [0.25, 0.3) is 0 Å². The summed E-state index contributed by atoms with van der Waals surface area (Å²) in [5, 5.41) is 22.9. The number of nitrogens with one attached hydrogen (secondary N) is 2. The van der Waals surface area contributed by atoms with Crippen molar-refractivity contribution < 1.29 is 24.6 Å². The van der Waals surface area contributed by atoms with Crippen LogP contribution in [-0.2, 0) is 14.4 Å². The summed E-state index contributed by atoms with van der Waals surface area (Å²) >= 11 is 3.97. The van der Waals surface area contributed by atoms with Crippen LogP contribution >= 0.6 is 12.6 Å². The topological polar surface area (TPSA) is 142 Å². The van der Waals surface area contributed by atoms with Gasteiger partial charge in [0, 0.05) is 5.75 Å². The summed E-state index contributed by atoms with van der Waals surface area (Å²) in [6.45, 7) is 4.95. The van der Waals surface area contributed by atoms with Crippen molar-refractivity contribution >= 4 is 30.4 Å². The molecular weight excluding hydrogens is 310 g/mol. The van der Waals surface area contributed by atoms with Crippen molar-refractivity contribution in [3.05, 3.63) is 0 Å². The summed E-state index contributed by atoms with van der Waals surface area (Å²) in [4.78, 5) is 34.9. The molecule has 0 aromatic carbocycles. The van der Waals surface area contributed by atoms with E-state index in [0.717, 1.165) is 0 Å². The van der Waals surface area contributed by atoms with E-state index in [4.69, 9.17) is 10.8 Å². The fraction of sp³-hybridized carbons (Fsp3) is 0.769. The second-order valence-electron chi connectivity index (χ2n) is 5.22.